The fourth-order valence-electron chi connectivity index (χ4n) is 5.59. The summed E-state index contributed by atoms with van der Waals surface area (Å²) in [6.07, 6.45) is -3.88. The normalized spacial score (nSPS) is 38.6. The van der Waals surface area contributed by atoms with Crippen LogP contribution in [0.2, 0.25) is 0 Å². The summed E-state index contributed by atoms with van der Waals surface area (Å²) >= 11 is 11.6. The van der Waals surface area contributed by atoms with Gasteiger partial charge in [-0.2, -0.15) is 0 Å². The molecule has 2 saturated heterocycles. The number of fused-ring (bicyclic) bond motifs is 5. The molecule has 16 nitrogen and oxygen atoms in total. The molecule has 1 aliphatic carbocycles. The van der Waals surface area contributed by atoms with Crippen molar-refractivity contribution in [1.82, 2.24) is 34.1 Å². The van der Waals surface area contributed by atoms with Gasteiger partial charge in [0.2, 0.25) is 5.69 Å². The molecule has 2 aliphatic heterocycles. The number of halogens is 1. The van der Waals surface area contributed by atoms with Gasteiger partial charge in [-0.15, -0.1) is 0 Å². The summed E-state index contributed by atoms with van der Waals surface area (Å²) in [4.78, 5) is 43.2. The number of nitrogens with zero attached hydrogens (tertiary/aromatic N) is 7. The molecule has 2 bridgehead atoms. The van der Waals surface area contributed by atoms with E-state index in [1.165, 1.54) is 29.7 Å². The summed E-state index contributed by atoms with van der Waals surface area (Å²) in [5.74, 6) is -0.0139. The number of imidazole rings is 2. The van der Waals surface area contributed by atoms with E-state index in [0.29, 0.717) is 16.9 Å². The molecule has 4 aromatic heterocycles. The maximum Gasteiger partial charge on any atom is 0.325 e. The number of anilines is 2. The second-order valence-electron chi connectivity index (χ2n) is 10.1. The number of pyridine rings is 1. The zero-order chi connectivity index (χ0) is 30.3. The lowest BCUT2D eigenvalue weighted by Gasteiger charge is -2.31. The molecular formula is C21H24FN9O7P2S3. The average Bonchev–Trinajstić information content (AvgIpc) is 3.70. The molecule has 7 N–H and O–H groups in total. The van der Waals surface area contributed by atoms with Crippen molar-refractivity contribution in [3.8, 4) is 0 Å². The van der Waals surface area contributed by atoms with Crippen molar-refractivity contribution in [2.45, 2.75) is 55.4 Å². The summed E-state index contributed by atoms with van der Waals surface area (Å²) in [5, 5.41) is 11.3. The molecule has 3 aliphatic rings. The van der Waals surface area contributed by atoms with E-state index < -0.39 is 61.4 Å². The minimum Gasteiger partial charge on any atom is -0.397 e. The molecule has 0 radical (unpaired) electrons. The van der Waals surface area contributed by atoms with Crippen LogP contribution in [-0.2, 0) is 41.9 Å². The summed E-state index contributed by atoms with van der Waals surface area (Å²) in [6.45, 7) is -4.20. The molecule has 7 rings (SSSR count). The van der Waals surface area contributed by atoms with E-state index in [-0.39, 0.29) is 29.2 Å². The third-order valence-electron chi connectivity index (χ3n) is 7.53. The van der Waals surface area contributed by atoms with Gasteiger partial charge in [0, 0.05) is 18.4 Å². The average molecular weight is 692 g/mol. The van der Waals surface area contributed by atoms with Gasteiger partial charge < -0.3 is 44.7 Å². The van der Waals surface area contributed by atoms with Crippen molar-refractivity contribution in [3.63, 3.8) is 0 Å². The van der Waals surface area contributed by atoms with Crippen LogP contribution >= 0.6 is 23.8 Å². The molecule has 0 aromatic carbocycles. The number of aliphatic hydroxyl groups is 1. The first-order chi connectivity index (χ1) is 20.4. The molecule has 230 valence electrons. The number of aliphatic hydroxyl groups excluding tert-OH is 1. The van der Waals surface area contributed by atoms with E-state index in [1.54, 1.807) is 10.6 Å². The standard InChI is InChI=1S/C21H24FN9O7P2S3/c22-12-17-11(35-21(12)31-7-29-14-18(24)26-5-27-20(14)31)4-43-40(34,42)38-16-9(3-10(15(16)32)36-39(33,41)37-17)30-6-28-13-8(23)1-2-25-19(13)30/h1-2,5-7,9-12,15-17,21,32H,3-4H2,(H2,23,25)(H,33,41)(H,34,42)(H2,24,26,27)/t9-,10+,11-,12-,15-,16+,17-,21-,39?,40?/m1/s1. The van der Waals surface area contributed by atoms with Gasteiger partial charge in [0.1, 0.15) is 35.7 Å². The van der Waals surface area contributed by atoms with Gasteiger partial charge in [0.25, 0.3) is 0 Å². The molecular weight excluding hydrogens is 667 g/mol. The third kappa shape index (κ3) is 5.26. The van der Waals surface area contributed by atoms with Crippen LogP contribution < -0.4 is 11.5 Å². The lowest BCUT2D eigenvalue weighted by Crippen LogP contribution is -2.36. The second-order valence-corrected chi connectivity index (χ2v) is 19.0. The summed E-state index contributed by atoms with van der Waals surface area (Å²) in [5.41, 5.74) is 9.92. The van der Waals surface area contributed by atoms with Crippen molar-refractivity contribution in [2.75, 3.05) is 17.2 Å². The predicted molar refractivity (Wildman–Crippen MR) is 160 cm³/mol. The van der Waals surface area contributed by atoms with Crippen molar-refractivity contribution in [1.29, 1.82) is 0 Å². The number of nitrogen functional groups attached to an aromatic ring is 2. The molecule has 4 aromatic rings. The van der Waals surface area contributed by atoms with Crippen molar-refractivity contribution in [3.05, 3.63) is 31.2 Å². The first-order valence-corrected chi connectivity index (χ1v) is 19.6. The van der Waals surface area contributed by atoms with Gasteiger partial charge in [0.15, 0.2) is 29.5 Å². The smallest absolute Gasteiger partial charge is 0.325 e. The molecule has 0 amide bonds. The fourth-order valence-corrected chi connectivity index (χ4v) is 11.0. The lowest BCUT2D eigenvalue weighted by molar-refractivity contribution is -0.0213. The van der Waals surface area contributed by atoms with Gasteiger partial charge in [-0.3, -0.25) is 9.09 Å². The van der Waals surface area contributed by atoms with Crippen molar-refractivity contribution in [2.24, 2.45) is 0 Å². The first kappa shape index (κ1) is 29.8. The highest BCUT2D eigenvalue weighted by Crippen LogP contribution is 2.62. The number of hydrogen-bond donors (Lipinski definition) is 5. The molecule has 0 spiro atoms. The molecule has 43 heavy (non-hydrogen) atoms. The van der Waals surface area contributed by atoms with Gasteiger partial charge in [-0.25, -0.2) is 29.3 Å². The number of ether oxygens (including phenoxy) is 1. The van der Waals surface area contributed by atoms with Crippen LogP contribution in [0.5, 0.6) is 0 Å². The molecule has 3 fully saturated rings. The maximum atomic E-state index is 16.1. The zero-order valence-corrected chi connectivity index (χ0v) is 25.9. The Morgan fingerprint density at radius 1 is 0.953 bits per heavy atom. The summed E-state index contributed by atoms with van der Waals surface area (Å²) < 4.78 is 42.6. The number of rotatable bonds is 2. The van der Waals surface area contributed by atoms with Crippen LogP contribution in [0.25, 0.3) is 22.3 Å². The Kier molecular flexibility index (Phi) is 7.51. The Labute approximate surface area is 256 Å². The van der Waals surface area contributed by atoms with E-state index in [9.17, 15) is 14.9 Å². The van der Waals surface area contributed by atoms with E-state index in [1.807, 2.05) is 0 Å². The summed E-state index contributed by atoms with van der Waals surface area (Å²) in [7, 11) is 0. The fraction of sp³-hybridized carbons (Fsp3) is 0.476. The Hall–Kier alpha value is -1.93. The minimum atomic E-state index is -4.20. The molecule has 2 unspecified atom stereocenters. The van der Waals surface area contributed by atoms with Crippen molar-refractivity contribution >= 4 is 81.2 Å². The van der Waals surface area contributed by atoms with Crippen LogP contribution in [-0.4, -0.2) is 91.4 Å². The first-order valence-electron chi connectivity index (χ1n) is 12.8. The molecule has 22 heteroatoms. The van der Waals surface area contributed by atoms with Gasteiger partial charge in [-0.1, -0.05) is 11.4 Å². The molecule has 6 heterocycles. The Balaban J connectivity index is 1.21. The maximum absolute atomic E-state index is 16.1. The molecule has 10 atom stereocenters. The Morgan fingerprint density at radius 2 is 1.70 bits per heavy atom. The van der Waals surface area contributed by atoms with Crippen LogP contribution in [0.15, 0.2) is 31.2 Å². The van der Waals surface area contributed by atoms with E-state index >= 15 is 4.39 Å². The van der Waals surface area contributed by atoms with E-state index in [0.717, 1.165) is 11.4 Å². The van der Waals surface area contributed by atoms with Crippen LogP contribution in [0, 0.1) is 0 Å². The highest BCUT2D eigenvalue weighted by molar-refractivity contribution is 8.67. The van der Waals surface area contributed by atoms with E-state index in [2.05, 4.69) is 24.9 Å². The summed E-state index contributed by atoms with van der Waals surface area (Å²) in [6, 6.07) is 0.894. The highest BCUT2D eigenvalue weighted by atomic mass is 32.9. The largest absolute Gasteiger partial charge is 0.397 e. The zero-order valence-electron chi connectivity index (χ0n) is 21.7. The number of aromatic nitrogens is 7. The third-order valence-corrected chi connectivity index (χ3v) is 13.3. The predicted octanol–water partition coefficient (Wildman–Crippen LogP) is 1.31. The SMILES string of the molecule is Nc1ccnc2c1ncn2[C@@H]1C[C@@H]2OP(O)(=S)O[C@H]3[C@@H](F)[C@H](n4cnc5c(N)ncnc54)O[C@@H]3CSP(O)(=S)O[C@@H]1[C@@H]2O. The second kappa shape index (κ2) is 10.9. The molecule has 1 saturated carbocycles. The number of hydrogen-bond acceptors (Lipinski definition) is 15. The van der Waals surface area contributed by atoms with Crippen LogP contribution in [0.4, 0.5) is 15.9 Å². The quantitative estimate of drug-likeness (QED) is 0.187. The van der Waals surface area contributed by atoms with E-state index in [4.69, 9.17) is 53.4 Å². The van der Waals surface area contributed by atoms with Crippen LogP contribution in [0.3, 0.4) is 0 Å². The topological polar surface area (TPSA) is 224 Å². The van der Waals surface area contributed by atoms with Gasteiger partial charge in [0.05, 0.1) is 36.6 Å². The lowest BCUT2D eigenvalue weighted by atomic mass is 10.2. The van der Waals surface area contributed by atoms with Gasteiger partial charge in [-0.05, 0) is 29.7 Å². The monoisotopic (exact) mass is 691 g/mol. The van der Waals surface area contributed by atoms with Gasteiger partial charge >= 0.3 is 6.72 Å². The Morgan fingerprint density at radius 3 is 2.51 bits per heavy atom. The van der Waals surface area contributed by atoms with Crippen molar-refractivity contribution < 1.29 is 37.6 Å². The minimum absolute atomic E-state index is 0.0323. The number of nitrogens with two attached hydrogens (primary N) is 2. The Bertz CT molecular complexity index is 1820. The number of alkyl halides is 1. The highest BCUT2D eigenvalue weighted by Gasteiger charge is 2.54. The van der Waals surface area contributed by atoms with Crippen LogP contribution in [0.1, 0.15) is 18.7 Å².